The molecule has 0 spiro atoms. The van der Waals surface area contributed by atoms with E-state index in [0.29, 0.717) is 17.3 Å². The van der Waals surface area contributed by atoms with Crippen LogP contribution in [0.15, 0.2) is 30.3 Å². The van der Waals surface area contributed by atoms with E-state index in [4.69, 9.17) is 11.6 Å². The highest BCUT2D eigenvalue weighted by atomic mass is 35.5. The molecular formula is C11H10ClN3O. The molecule has 0 saturated heterocycles. The number of aromatic nitrogens is 2. The van der Waals surface area contributed by atoms with Crippen LogP contribution < -0.4 is 5.32 Å². The second-order valence-electron chi connectivity index (χ2n) is 3.32. The van der Waals surface area contributed by atoms with Crippen LogP contribution in [0.5, 0.6) is 0 Å². The minimum absolute atomic E-state index is 0.530. The predicted molar refractivity (Wildman–Crippen MR) is 63.0 cm³/mol. The number of carbonyl (C=O) groups excluding carboxylic acids is 1. The Morgan fingerprint density at radius 1 is 1.38 bits per heavy atom. The van der Waals surface area contributed by atoms with Crippen molar-refractivity contribution in [2.24, 2.45) is 0 Å². The fraction of sp³-hybridized carbons (Fsp3) is 0.0909. The predicted octanol–water partition coefficient (Wildman–Crippen LogP) is 2.40. The summed E-state index contributed by atoms with van der Waals surface area (Å²) in [5.41, 5.74) is 1.84. The molecule has 4 nitrogen and oxygen atoms in total. The van der Waals surface area contributed by atoms with E-state index in [-0.39, 0.29) is 0 Å². The number of halogens is 1. The zero-order valence-corrected chi connectivity index (χ0v) is 9.40. The van der Waals surface area contributed by atoms with Crippen LogP contribution in [0.2, 0.25) is 5.02 Å². The van der Waals surface area contributed by atoms with Crippen molar-refractivity contribution < 1.29 is 4.79 Å². The smallest absolute Gasteiger partial charge is 0.212 e. The third kappa shape index (κ3) is 2.06. The van der Waals surface area contributed by atoms with Crippen LogP contribution in [-0.2, 0) is 4.79 Å². The molecule has 0 atom stereocenters. The molecular weight excluding hydrogens is 226 g/mol. The maximum atomic E-state index is 10.3. The highest BCUT2D eigenvalue weighted by molar-refractivity contribution is 6.30. The van der Waals surface area contributed by atoms with Crippen molar-refractivity contribution in [3.8, 4) is 5.69 Å². The third-order valence-corrected chi connectivity index (χ3v) is 2.42. The maximum absolute atomic E-state index is 10.3. The van der Waals surface area contributed by atoms with Crippen LogP contribution >= 0.6 is 11.6 Å². The van der Waals surface area contributed by atoms with E-state index in [2.05, 4.69) is 10.4 Å². The first-order valence-electron chi connectivity index (χ1n) is 4.73. The molecule has 0 aliphatic carbocycles. The Balaban J connectivity index is 2.39. The first kappa shape index (κ1) is 10.7. The van der Waals surface area contributed by atoms with Crippen molar-refractivity contribution in [1.29, 1.82) is 0 Å². The maximum Gasteiger partial charge on any atom is 0.212 e. The Hall–Kier alpha value is -1.81. The van der Waals surface area contributed by atoms with Gasteiger partial charge in [0.05, 0.1) is 5.69 Å². The Morgan fingerprint density at radius 3 is 2.69 bits per heavy atom. The van der Waals surface area contributed by atoms with Crippen LogP contribution in [-0.4, -0.2) is 16.2 Å². The van der Waals surface area contributed by atoms with Gasteiger partial charge >= 0.3 is 0 Å². The standard InChI is InChI=1S/C11H10ClN3O/c1-8-6-11(13-7-16)14-15(8)10-4-2-9(12)3-5-10/h2-7H,1H3,(H,13,14,16). The molecule has 2 rings (SSSR count). The number of benzene rings is 1. The third-order valence-electron chi connectivity index (χ3n) is 2.17. The van der Waals surface area contributed by atoms with Crippen molar-refractivity contribution in [2.45, 2.75) is 6.92 Å². The van der Waals surface area contributed by atoms with E-state index in [9.17, 15) is 4.79 Å². The summed E-state index contributed by atoms with van der Waals surface area (Å²) in [5.74, 6) is 0.530. The lowest BCUT2D eigenvalue weighted by atomic mass is 10.3. The van der Waals surface area contributed by atoms with Gasteiger partial charge < -0.3 is 5.32 Å². The summed E-state index contributed by atoms with van der Waals surface area (Å²) in [7, 11) is 0. The number of rotatable bonds is 3. The Bertz CT molecular complexity index is 504. The van der Waals surface area contributed by atoms with Crippen LogP contribution in [0.4, 0.5) is 5.82 Å². The molecule has 0 saturated carbocycles. The van der Waals surface area contributed by atoms with E-state index in [1.54, 1.807) is 22.9 Å². The van der Waals surface area contributed by atoms with Gasteiger partial charge in [0.2, 0.25) is 6.41 Å². The fourth-order valence-corrected chi connectivity index (χ4v) is 1.58. The van der Waals surface area contributed by atoms with Gasteiger partial charge in [-0.3, -0.25) is 4.79 Å². The number of nitrogens with one attached hydrogen (secondary N) is 1. The van der Waals surface area contributed by atoms with Gasteiger partial charge in [0.25, 0.3) is 0 Å². The molecule has 16 heavy (non-hydrogen) atoms. The molecule has 0 radical (unpaired) electrons. The van der Waals surface area contributed by atoms with Crippen LogP contribution in [0.3, 0.4) is 0 Å². The van der Waals surface area contributed by atoms with Crippen molar-refractivity contribution in [3.63, 3.8) is 0 Å². The normalized spacial score (nSPS) is 10.1. The summed E-state index contributed by atoms with van der Waals surface area (Å²) in [6, 6.07) is 9.12. The van der Waals surface area contributed by atoms with Gasteiger partial charge in [-0.25, -0.2) is 4.68 Å². The zero-order chi connectivity index (χ0) is 11.5. The number of amides is 1. The molecule has 1 aromatic carbocycles. The molecule has 2 aromatic rings. The summed E-state index contributed by atoms with van der Waals surface area (Å²) < 4.78 is 1.74. The van der Waals surface area contributed by atoms with Crippen molar-refractivity contribution in [2.75, 3.05) is 5.32 Å². The quantitative estimate of drug-likeness (QED) is 0.831. The lowest BCUT2D eigenvalue weighted by Crippen LogP contribution is -2.00. The van der Waals surface area contributed by atoms with E-state index >= 15 is 0 Å². The molecule has 0 aliphatic rings. The van der Waals surface area contributed by atoms with Crippen LogP contribution in [0, 0.1) is 6.92 Å². The highest BCUT2D eigenvalue weighted by Gasteiger charge is 2.05. The monoisotopic (exact) mass is 235 g/mol. The minimum atomic E-state index is 0.530. The van der Waals surface area contributed by atoms with E-state index in [1.807, 2.05) is 19.1 Å². The molecule has 0 bridgehead atoms. The molecule has 5 heteroatoms. The number of nitrogens with zero attached hydrogens (tertiary/aromatic N) is 2. The molecule has 0 fully saturated rings. The van der Waals surface area contributed by atoms with Gasteiger partial charge in [-0.2, -0.15) is 0 Å². The van der Waals surface area contributed by atoms with E-state index < -0.39 is 0 Å². The molecule has 1 N–H and O–H groups in total. The van der Waals surface area contributed by atoms with Gasteiger partial charge in [-0.05, 0) is 31.2 Å². The largest absolute Gasteiger partial charge is 0.312 e. The summed E-state index contributed by atoms with van der Waals surface area (Å²) in [6.45, 7) is 1.91. The highest BCUT2D eigenvalue weighted by Crippen LogP contribution is 2.17. The zero-order valence-electron chi connectivity index (χ0n) is 8.64. The molecule has 1 amide bonds. The second-order valence-corrected chi connectivity index (χ2v) is 3.76. The first-order chi connectivity index (χ1) is 7.70. The van der Waals surface area contributed by atoms with Crippen LogP contribution in [0.25, 0.3) is 5.69 Å². The van der Waals surface area contributed by atoms with E-state index in [1.165, 1.54) is 0 Å². The van der Waals surface area contributed by atoms with Crippen molar-refractivity contribution in [3.05, 3.63) is 41.0 Å². The van der Waals surface area contributed by atoms with Crippen molar-refractivity contribution >= 4 is 23.8 Å². The molecule has 1 aromatic heterocycles. The Labute approximate surface area is 97.8 Å². The van der Waals surface area contributed by atoms with Gasteiger partial charge in [0, 0.05) is 16.8 Å². The molecule has 0 unspecified atom stereocenters. The first-order valence-corrected chi connectivity index (χ1v) is 5.11. The van der Waals surface area contributed by atoms with Gasteiger partial charge in [0.15, 0.2) is 5.82 Å². The second kappa shape index (κ2) is 4.37. The number of hydrogen-bond acceptors (Lipinski definition) is 2. The number of aryl methyl sites for hydroxylation is 1. The van der Waals surface area contributed by atoms with Gasteiger partial charge in [0.1, 0.15) is 0 Å². The lowest BCUT2D eigenvalue weighted by Gasteiger charge is -2.03. The average molecular weight is 236 g/mol. The van der Waals surface area contributed by atoms with Crippen LogP contribution in [0.1, 0.15) is 5.69 Å². The summed E-state index contributed by atoms with van der Waals surface area (Å²) in [4.78, 5) is 10.3. The average Bonchev–Trinajstić information content (AvgIpc) is 2.61. The van der Waals surface area contributed by atoms with Gasteiger partial charge in [-0.15, -0.1) is 5.10 Å². The van der Waals surface area contributed by atoms with E-state index in [0.717, 1.165) is 11.4 Å². The summed E-state index contributed by atoms with van der Waals surface area (Å²) in [6.07, 6.45) is 0.605. The number of anilines is 1. The molecule has 0 aliphatic heterocycles. The SMILES string of the molecule is Cc1cc(NC=O)nn1-c1ccc(Cl)cc1. The Kier molecular flexibility index (Phi) is 2.92. The number of hydrogen-bond donors (Lipinski definition) is 1. The minimum Gasteiger partial charge on any atom is -0.312 e. The molecule has 82 valence electrons. The Morgan fingerprint density at radius 2 is 2.06 bits per heavy atom. The summed E-state index contributed by atoms with van der Waals surface area (Å²) >= 11 is 5.81. The number of carbonyl (C=O) groups is 1. The molecule has 1 heterocycles. The summed E-state index contributed by atoms with van der Waals surface area (Å²) in [5, 5.41) is 7.42. The topological polar surface area (TPSA) is 46.9 Å². The van der Waals surface area contributed by atoms with Crippen molar-refractivity contribution in [1.82, 2.24) is 9.78 Å². The fourth-order valence-electron chi connectivity index (χ4n) is 1.45. The van der Waals surface area contributed by atoms with Gasteiger partial charge in [-0.1, -0.05) is 11.6 Å². The lowest BCUT2D eigenvalue weighted by molar-refractivity contribution is -0.105.